The molecule has 1 aliphatic carbocycles. The lowest BCUT2D eigenvalue weighted by molar-refractivity contribution is -0.896. The number of fused-ring (bicyclic) bond motifs is 1. The van der Waals surface area contributed by atoms with Gasteiger partial charge in [-0.3, -0.25) is 9.59 Å². The largest absolute Gasteiger partial charge is 0.464 e. The number of quaternary nitrogens is 1. The van der Waals surface area contributed by atoms with Crippen molar-refractivity contribution in [2.24, 2.45) is 0 Å². The second kappa shape index (κ2) is 7.35. The van der Waals surface area contributed by atoms with Gasteiger partial charge in [-0.1, -0.05) is 12.1 Å². The van der Waals surface area contributed by atoms with Gasteiger partial charge in [-0.25, -0.2) is 0 Å². The van der Waals surface area contributed by atoms with Crippen LogP contribution in [-0.4, -0.2) is 55.5 Å². The molecule has 1 aromatic heterocycles. The van der Waals surface area contributed by atoms with Crippen molar-refractivity contribution in [3.05, 3.63) is 35.1 Å². The molecule has 0 radical (unpaired) electrons. The number of benzene rings is 1. The Morgan fingerprint density at radius 2 is 1.96 bits per heavy atom. The van der Waals surface area contributed by atoms with E-state index in [1.807, 2.05) is 17.9 Å². The number of carbonyl (C=O) groups is 2. The molecule has 1 saturated heterocycles. The van der Waals surface area contributed by atoms with Crippen LogP contribution in [-0.2, 0) is 16.0 Å². The first-order chi connectivity index (χ1) is 13.0. The molecule has 144 valence electrons. The maximum Gasteiger partial charge on any atom is 0.275 e. The van der Waals surface area contributed by atoms with Crippen LogP contribution in [0.3, 0.4) is 0 Å². The molecule has 1 aromatic carbocycles. The molecule has 0 bridgehead atoms. The van der Waals surface area contributed by atoms with Crippen LogP contribution in [0.2, 0.25) is 0 Å². The molecule has 2 N–H and O–H groups in total. The number of hydrogen-bond acceptors (Lipinski definition) is 3. The van der Waals surface area contributed by atoms with Gasteiger partial charge in [0.1, 0.15) is 5.58 Å². The fourth-order valence-electron chi connectivity index (χ4n) is 3.78. The summed E-state index contributed by atoms with van der Waals surface area (Å²) in [5.74, 6) is 0.278. The van der Waals surface area contributed by atoms with Crippen LogP contribution in [0.4, 0.5) is 0 Å². The third-order valence-electron chi connectivity index (χ3n) is 5.86. The van der Waals surface area contributed by atoms with Gasteiger partial charge in [-0.2, -0.15) is 0 Å². The monoisotopic (exact) mass is 370 g/mol. The highest BCUT2D eigenvalue weighted by atomic mass is 16.3. The van der Waals surface area contributed by atoms with E-state index in [9.17, 15) is 9.59 Å². The Hall–Kier alpha value is -2.34. The molecule has 0 atom stereocenters. The number of piperazine rings is 1. The molecule has 6 heteroatoms. The van der Waals surface area contributed by atoms with Gasteiger partial charge in [0.2, 0.25) is 5.91 Å². The maximum atomic E-state index is 12.7. The molecule has 0 spiro atoms. The Morgan fingerprint density at radius 3 is 2.67 bits per heavy atom. The predicted molar refractivity (Wildman–Crippen MR) is 103 cm³/mol. The highest BCUT2D eigenvalue weighted by Gasteiger charge is 2.28. The molecule has 1 saturated carbocycles. The van der Waals surface area contributed by atoms with Gasteiger partial charge in [-0.05, 0) is 37.8 Å². The van der Waals surface area contributed by atoms with Crippen molar-refractivity contribution in [1.29, 1.82) is 0 Å². The highest BCUT2D eigenvalue weighted by molar-refractivity contribution is 5.89. The molecule has 4 rings (SSSR count). The number of aryl methyl sites for hydroxylation is 2. The minimum atomic E-state index is 0.136. The van der Waals surface area contributed by atoms with Crippen molar-refractivity contribution in [3.63, 3.8) is 0 Å². The van der Waals surface area contributed by atoms with Crippen molar-refractivity contribution in [1.82, 2.24) is 10.2 Å². The number of hydrogen-bond donors (Lipinski definition) is 2. The summed E-state index contributed by atoms with van der Waals surface area (Å²) in [6.45, 7) is 7.70. The molecule has 6 nitrogen and oxygen atoms in total. The minimum absolute atomic E-state index is 0.136. The third-order valence-corrected chi connectivity index (χ3v) is 5.86. The van der Waals surface area contributed by atoms with Gasteiger partial charge in [0.05, 0.1) is 38.9 Å². The summed E-state index contributed by atoms with van der Waals surface area (Å²) in [6, 6.07) is 4.54. The average Bonchev–Trinajstić information content (AvgIpc) is 3.37. The van der Waals surface area contributed by atoms with Gasteiger partial charge in [0.15, 0.2) is 6.54 Å². The van der Waals surface area contributed by atoms with Crippen LogP contribution in [0.1, 0.15) is 29.5 Å². The van der Waals surface area contributed by atoms with Gasteiger partial charge in [0.25, 0.3) is 5.91 Å². The summed E-state index contributed by atoms with van der Waals surface area (Å²) in [4.78, 5) is 27.9. The van der Waals surface area contributed by atoms with Crippen LogP contribution in [0, 0.1) is 13.8 Å². The van der Waals surface area contributed by atoms with E-state index in [4.69, 9.17) is 4.42 Å². The molecule has 2 aliphatic rings. The number of furan rings is 1. The summed E-state index contributed by atoms with van der Waals surface area (Å²) >= 11 is 0. The van der Waals surface area contributed by atoms with E-state index in [0.29, 0.717) is 32.1 Å². The second-order valence-electron chi connectivity index (χ2n) is 7.97. The molecular formula is C21H28N3O3+. The fourth-order valence-corrected chi connectivity index (χ4v) is 3.78. The number of amides is 2. The fraction of sp³-hybridized carbons (Fsp3) is 0.524. The number of nitrogens with zero attached hydrogens (tertiary/aromatic N) is 1. The Balaban J connectivity index is 1.32. The molecule has 2 aromatic rings. The zero-order valence-corrected chi connectivity index (χ0v) is 16.1. The van der Waals surface area contributed by atoms with E-state index in [1.165, 1.54) is 10.5 Å². The third kappa shape index (κ3) is 4.00. The van der Waals surface area contributed by atoms with Crippen molar-refractivity contribution in [2.75, 3.05) is 32.7 Å². The van der Waals surface area contributed by atoms with Crippen LogP contribution >= 0.6 is 0 Å². The quantitative estimate of drug-likeness (QED) is 0.810. The van der Waals surface area contributed by atoms with Gasteiger partial charge >= 0.3 is 0 Å². The van der Waals surface area contributed by atoms with Crippen molar-refractivity contribution >= 4 is 22.8 Å². The Bertz CT molecular complexity index is 861. The molecule has 27 heavy (non-hydrogen) atoms. The maximum absolute atomic E-state index is 12.7. The molecule has 2 heterocycles. The van der Waals surface area contributed by atoms with Crippen LogP contribution in [0.25, 0.3) is 11.0 Å². The Labute approximate surface area is 159 Å². The van der Waals surface area contributed by atoms with E-state index in [1.54, 1.807) is 6.26 Å². The summed E-state index contributed by atoms with van der Waals surface area (Å²) < 4.78 is 5.73. The molecule has 2 amide bonds. The van der Waals surface area contributed by atoms with Crippen molar-refractivity contribution in [2.45, 2.75) is 39.2 Å². The molecule has 1 aliphatic heterocycles. The summed E-state index contributed by atoms with van der Waals surface area (Å²) in [5.41, 5.74) is 4.16. The van der Waals surface area contributed by atoms with Crippen molar-refractivity contribution < 1.29 is 18.9 Å². The highest BCUT2D eigenvalue weighted by Crippen LogP contribution is 2.27. The summed E-state index contributed by atoms with van der Waals surface area (Å²) in [5, 5.41) is 4.07. The summed E-state index contributed by atoms with van der Waals surface area (Å²) in [7, 11) is 0. The lowest BCUT2D eigenvalue weighted by Gasteiger charge is -2.32. The standard InChI is InChI=1S/C21H27N3O3/c1-14-3-6-18-16(13-27-21(18)15(14)2)11-20(26)24-9-7-23(8-10-24)12-19(25)22-17-4-5-17/h3,6,13,17H,4-5,7-12H2,1-2H3,(H,22,25)/p+1. The van der Waals surface area contributed by atoms with E-state index in [2.05, 4.69) is 18.3 Å². The molecule has 0 unspecified atom stereocenters. The second-order valence-corrected chi connectivity index (χ2v) is 7.97. The van der Waals surface area contributed by atoms with Crippen LogP contribution in [0.15, 0.2) is 22.8 Å². The zero-order chi connectivity index (χ0) is 19.0. The SMILES string of the molecule is Cc1ccc2c(CC(=O)N3CC[NH+](CC(=O)NC4CC4)CC3)coc2c1C. The van der Waals surface area contributed by atoms with Gasteiger partial charge < -0.3 is 19.5 Å². The van der Waals surface area contributed by atoms with Crippen LogP contribution in [0.5, 0.6) is 0 Å². The van der Waals surface area contributed by atoms with E-state index in [0.717, 1.165) is 48.0 Å². The number of rotatable bonds is 5. The molecular weight excluding hydrogens is 342 g/mol. The normalized spacial score (nSPS) is 18.1. The lowest BCUT2D eigenvalue weighted by Crippen LogP contribution is -3.15. The number of nitrogens with one attached hydrogen (secondary N) is 2. The zero-order valence-electron chi connectivity index (χ0n) is 16.1. The first-order valence-corrected chi connectivity index (χ1v) is 9.88. The van der Waals surface area contributed by atoms with Gasteiger partial charge in [-0.15, -0.1) is 0 Å². The minimum Gasteiger partial charge on any atom is -0.464 e. The molecule has 2 fully saturated rings. The first kappa shape index (κ1) is 18.0. The predicted octanol–water partition coefficient (Wildman–Crippen LogP) is 0.598. The Morgan fingerprint density at radius 1 is 1.22 bits per heavy atom. The van der Waals surface area contributed by atoms with Crippen molar-refractivity contribution in [3.8, 4) is 0 Å². The Kier molecular flexibility index (Phi) is 4.91. The van der Waals surface area contributed by atoms with E-state index < -0.39 is 0 Å². The van der Waals surface area contributed by atoms with E-state index in [-0.39, 0.29) is 11.8 Å². The van der Waals surface area contributed by atoms with E-state index >= 15 is 0 Å². The average molecular weight is 370 g/mol. The first-order valence-electron chi connectivity index (χ1n) is 9.88. The topological polar surface area (TPSA) is 67.0 Å². The smallest absolute Gasteiger partial charge is 0.275 e. The van der Waals surface area contributed by atoms with Gasteiger partial charge in [0, 0.05) is 17.0 Å². The summed E-state index contributed by atoms with van der Waals surface area (Å²) in [6.07, 6.45) is 4.32. The lowest BCUT2D eigenvalue weighted by atomic mass is 10.0. The number of carbonyl (C=O) groups excluding carboxylic acids is 2. The van der Waals surface area contributed by atoms with Crippen LogP contribution < -0.4 is 10.2 Å².